The highest BCUT2D eigenvalue weighted by molar-refractivity contribution is 7.90. The Balaban J connectivity index is 2.15. The summed E-state index contributed by atoms with van der Waals surface area (Å²) >= 11 is 1.48. The molecule has 26 heavy (non-hydrogen) atoms. The van der Waals surface area contributed by atoms with Gasteiger partial charge in [0.25, 0.3) is 10.0 Å². The molecule has 0 saturated carbocycles. The van der Waals surface area contributed by atoms with Gasteiger partial charge in [0.15, 0.2) is 0 Å². The van der Waals surface area contributed by atoms with E-state index in [-0.39, 0.29) is 11.4 Å². The van der Waals surface area contributed by atoms with Gasteiger partial charge in [-0.05, 0) is 41.6 Å². The van der Waals surface area contributed by atoms with Gasteiger partial charge in [0, 0.05) is 36.6 Å². The minimum Gasteiger partial charge on any atom is -0.465 e. The molecule has 0 spiro atoms. The zero-order valence-corrected chi connectivity index (χ0v) is 15.8. The van der Waals surface area contributed by atoms with E-state index in [1.165, 1.54) is 47.0 Å². The van der Waals surface area contributed by atoms with Crippen molar-refractivity contribution < 1.29 is 18.3 Å². The van der Waals surface area contributed by atoms with Crippen molar-refractivity contribution in [3.63, 3.8) is 0 Å². The molecule has 0 saturated heterocycles. The average Bonchev–Trinajstić information content (AvgIpc) is 3.21. The summed E-state index contributed by atoms with van der Waals surface area (Å²) < 4.78 is 27.4. The van der Waals surface area contributed by atoms with Crippen molar-refractivity contribution in [1.82, 2.24) is 13.9 Å². The van der Waals surface area contributed by atoms with Gasteiger partial charge in [0.2, 0.25) is 0 Å². The van der Waals surface area contributed by atoms with Crippen molar-refractivity contribution in [2.45, 2.75) is 18.4 Å². The normalized spacial score (nSPS) is 11.5. The molecule has 0 aliphatic carbocycles. The predicted molar refractivity (Wildman–Crippen MR) is 98.8 cm³/mol. The highest BCUT2D eigenvalue weighted by Gasteiger charge is 2.23. The summed E-state index contributed by atoms with van der Waals surface area (Å²) in [6, 6.07) is 4.75. The Morgan fingerprint density at radius 3 is 2.73 bits per heavy atom. The van der Waals surface area contributed by atoms with Gasteiger partial charge < -0.3 is 10.0 Å². The van der Waals surface area contributed by atoms with Gasteiger partial charge in [-0.3, -0.25) is 4.98 Å². The molecule has 0 aromatic carbocycles. The molecule has 0 aliphatic rings. The first-order valence-corrected chi connectivity index (χ1v) is 10.0. The first-order valence-electron chi connectivity index (χ1n) is 7.65. The van der Waals surface area contributed by atoms with Crippen molar-refractivity contribution in [3.05, 3.63) is 58.7 Å². The zero-order chi connectivity index (χ0) is 18.9. The van der Waals surface area contributed by atoms with E-state index in [0.717, 1.165) is 16.0 Å². The van der Waals surface area contributed by atoms with Crippen LogP contribution in [-0.2, 0) is 16.6 Å². The van der Waals surface area contributed by atoms with E-state index in [9.17, 15) is 13.2 Å². The van der Waals surface area contributed by atoms with Crippen molar-refractivity contribution in [2.24, 2.45) is 0 Å². The Morgan fingerprint density at radius 1 is 1.38 bits per heavy atom. The fraction of sp³-hybridized carbons (Fsp3) is 0.176. The van der Waals surface area contributed by atoms with Gasteiger partial charge >= 0.3 is 6.09 Å². The Hall–Kier alpha value is -2.65. The fourth-order valence-electron chi connectivity index (χ4n) is 2.56. The van der Waals surface area contributed by atoms with E-state index in [0.29, 0.717) is 11.3 Å². The molecule has 0 fully saturated rings. The number of hydrogen-bond acceptors (Lipinski definition) is 5. The molecule has 1 N–H and O–H groups in total. The Labute approximate surface area is 155 Å². The molecule has 9 heteroatoms. The second-order valence-electron chi connectivity index (χ2n) is 5.83. The van der Waals surface area contributed by atoms with Gasteiger partial charge in [-0.15, -0.1) is 0 Å². The molecule has 3 aromatic rings. The maximum atomic E-state index is 13.1. The molecular formula is C17H17N3O4S2. The topological polar surface area (TPSA) is 92.5 Å². The number of aryl methyl sites for hydroxylation is 1. The van der Waals surface area contributed by atoms with Crippen molar-refractivity contribution in [2.75, 3.05) is 7.05 Å². The lowest BCUT2D eigenvalue weighted by atomic mass is 10.1. The lowest BCUT2D eigenvalue weighted by molar-refractivity contribution is 0.154. The van der Waals surface area contributed by atoms with E-state index < -0.39 is 16.1 Å². The number of carboxylic acid groups (broad SMARTS) is 1. The summed E-state index contributed by atoms with van der Waals surface area (Å²) in [5.41, 5.74) is 2.84. The van der Waals surface area contributed by atoms with Crippen molar-refractivity contribution >= 4 is 27.5 Å². The highest BCUT2D eigenvalue weighted by Crippen LogP contribution is 2.31. The molecule has 3 aromatic heterocycles. The van der Waals surface area contributed by atoms with Gasteiger partial charge in [0.05, 0.1) is 12.2 Å². The van der Waals surface area contributed by atoms with Crippen LogP contribution in [0.2, 0.25) is 0 Å². The first-order chi connectivity index (χ1) is 12.3. The summed E-state index contributed by atoms with van der Waals surface area (Å²) in [5, 5.41) is 12.9. The van der Waals surface area contributed by atoms with Gasteiger partial charge in [0.1, 0.15) is 4.90 Å². The minimum absolute atomic E-state index is 0.0721. The van der Waals surface area contributed by atoms with Crippen LogP contribution in [0.5, 0.6) is 0 Å². The number of aromatic nitrogens is 2. The quantitative estimate of drug-likeness (QED) is 0.721. The molecule has 0 bridgehead atoms. The van der Waals surface area contributed by atoms with E-state index in [2.05, 4.69) is 4.98 Å². The van der Waals surface area contributed by atoms with Crippen LogP contribution in [0.15, 0.2) is 52.4 Å². The molecule has 7 nitrogen and oxygen atoms in total. The molecule has 0 unspecified atom stereocenters. The number of rotatable bonds is 5. The minimum atomic E-state index is -3.85. The highest BCUT2D eigenvalue weighted by atomic mass is 32.2. The SMILES string of the molecule is Cc1cscc1-c1cc(CN(C)C(=O)O)cn1S(=O)(=O)c1cccnc1. The number of thiophene rings is 1. The van der Waals surface area contributed by atoms with Crippen LogP contribution < -0.4 is 0 Å². The third-order valence-corrected chi connectivity index (χ3v) is 6.43. The zero-order valence-electron chi connectivity index (χ0n) is 14.2. The van der Waals surface area contributed by atoms with Crippen molar-refractivity contribution in [1.29, 1.82) is 0 Å². The number of nitrogens with zero attached hydrogens (tertiary/aromatic N) is 3. The molecule has 136 valence electrons. The van der Waals surface area contributed by atoms with E-state index in [1.54, 1.807) is 12.1 Å². The molecule has 3 rings (SSSR count). The van der Waals surface area contributed by atoms with Crippen LogP contribution in [0.25, 0.3) is 11.3 Å². The Kier molecular flexibility index (Phi) is 4.84. The van der Waals surface area contributed by atoms with Crippen LogP contribution in [0.4, 0.5) is 4.79 Å². The second kappa shape index (κ2) is 6.93. The fourth-order valence-corrected chi connectivity index (χ4v) is 4.75. The number of pyridine rings is 1. The summed E-state index contributed by atoms with van der Waals surface area (Å²) in [7, 11) is -2.42. The maximum Gasteiger partial charge on any atom is 0.407 e. The summed E-state index contributed by atoms with van der Waals surface area (Å²) in [5.74, 6) is 0. The van der Waals surface area contributed by atoms with Crippen LogP contribution in [0.3, 0.4) is 0 Å². The number of amides is 1. The largest absolute Gasteiger partial charge is 0.465 e. The molecule has 0 radical (unpaired) electrons. The van der Waals surface area contributed by atoms with Crippen LogP contribution in [0, 0.1) is 6.92 Å². The van der Waals surface area contributed by atoms with Crippen molar-refractivity contribution in [3.8, 4) is 11.3 Å². The lowest BCUT2D eigenvalue weighted by Gasteiger charge is -2.11. The molecule has 3 heterocycles. The monoisotopic (exact) mass is 391 g/mol. The van der Waals surface area contributed by atoms with Crippen LogP contribution in [0.1, 0.15) is 11.1 Å². The van der Waals surface area contributed by atoms with Gasteiger partial charge in [-0.2, -0.15) is 11.3 Å². The van der Waals surface area contributed by atoms with Crippen LogP contribution >= 0.6 is 11.3 Å². The van der Waals surface area contributed by atoms with E-state index in [4.69, 9.17) is 5.11 Å². The molecule has 1 amide bonds. The molecule has 0 atom stereocenters. The van der Waals surface area contributed by atoms with E-state index in [1.807, 2.05) is 17.7 Å². The standard InChI is InChI=1S/C17H17N3O4S2/c1-12-10-25-11-15(12)16-6-13(8-19(2)17(21)22)9-20(16)26(23,24)14-4-3-5-18-7-14/h3-7,9-11H,8H2,1-2H3,(H,21,22). The molecular weight excluding hydrogens is 374 g/mol. The van der Waals surface area contributed by atoms with E-state index >= 15 is 0 Å². The Morgan fingerprint density at radius 2 is 2.15 bits per heavy atom. The third kappa shape index (κ3) is 3.35. The molecule has 0 aliphatic heterocycles. The number of carbonyl (C=O) groups is 1. The summed E-state index contributed by atoms with van der Waals surface area (Å²) in [6.45, 7) is 1.99. The first kappa shape index (κ1) is 18.2. The lowest BCUT2D eigenvalue weighted by Crippen LogP contribution is -2.23. The summed E-state index contributed by atoms with van der Waals surface area (Å²) in [6.07, 6.45) is 3.18. The third-order valence-electron chi connectivity index (χ3n) is 3.91. The second-order valence-corrected chi connectivity index (χ2v) is 8.39. The van der Waals surface area contributed by atoms with Gasteiger partial charge in [-0.1, -0.05) is 0 Å². The van der Waals surface area contributed by atoms with Gasteiger partial charge in [-0.25, -0.2) is 17.2 Å². The number of hydrogen-bond donors (Lipinski definition) is 1. The Bertz CT molecular complexity index is 1040. The smallest absolute Gasteiger partial charge is 0.407 e. The summed E-state index contributed by atoms with van der Waals surface area (Å²) in [4.78, 5) is 16.1. The van der Waals surface area contributed by atoms with Crippen LogP contribution in [-0.4, -0.2) is 40.5 Å². The predicted octanol–water partition coefficient (Wildman–Crippen LogP) is 3.27. The average molecular weight is 391 g/mol. The maximum absolute atomic E-state index is 13.1.